The third-order valence-corrected chi connectivity index (χ3v) is 2.23. The van der Waals surface area contributed by atoms with Gasteiger partial charge in [0.05, 0.1) is 37.5 Å². The quantitative estimate of drug-likeness (QED) is 0.319. The van der Waals surface area contributed by atoms with Crippen molar-refractivity contribution in [1.29, 1.82) is 0 Å². The Morgan fingerprint density at radius 1 is 1.00 bits per heavy atom. The van der Waals surface area contributed by atoms with E-state index >= 15 is 0 Å². The molecule has 12 heavy (non-hydrogen) atoms. The van der Waals surface area contributed by atoms with Crippen molar-refractivity contribution < 1.29 is 20.4 Å². The van der Waals surface area contributed by atoms with Crippen LogP contribution in [0.1, 0.15) is 6.42 Å². The molecule has 1 aliphatic rings. The number of aliphatic hydroxyl groups excluding tert-OH is 4. The summed E-state index contributed by atoms with van der Waals surface area (Å²) in [6.45, 7) is -0.380. The second kappa shape index (κ2) is 4.15. The summed E-state index contributed by atoms with van der Waals surface area (Å²) in [5.41, 5.74) is 0. The molecule has 72 valence electrons. The molecule has 0 unspecified atom stereocenters. The van der Waals surface area contributed by atoms with Crippen molar-refractivity contribution in [3.05, 3.63) is 0 Å². The Morgan fingerprint density at radius 3 is 1.75 bits per heavy atom. The van der Waals surface area contributed by atoms with Crippen molar-refractivity contribution in [2.45, 2.75) is 30.7 Å². The molecular weight excluding hydrogens is 162 g/mol. The minimum atomic E-state index is -0.743. The van der Waals surface area contributed by atoms with Crippen molar-refractivity contribution >= 4 is 0 Å². The molecule has 1 aliphatic heterocycles. The Kier molecular flexibility index (Phi) is 3.42. The van der Waals surface area contributed by atoms with Gasteiger partial charge in [-0.2, -0.15) is 0 Å². The molecule has 0 amide bonds. The van der Waals surface area contributed by atoms with Crippen molar-refractivity contribution in [3.63, 3.8) is 0 Å². The molecule has 0 aromatic rings. The van der Waals surface area contributed by atoms with Crippen LogP contribution in [0.4, 0.5) is 0 Å². The Balaban J connectivity index is 2.50. The molecule has 0 aromatic heterocycles. The molecule has 0 aromatic carbocycles. The lowest BCUT2D eigenvalue weighted by molar-refractivity contribution is -0.0311. The summed E-state index contributed by atoms with van der Waals surface area (Å²) in [7, 11) is 0. The van der Waals surface area contributed by atoms with Crippen LogP contribution in [-0.2, 0) is 0 Å². The van der Waals surface area contributed by atoms with Crippen LogP contribution in [0, 0.1) is 0 Å². The molecule has 5 N–H and O–H groups in total. The number of piperidine rings is 1. The fraction of sp³-hybridized carbons (Fsp3) is 1.00. The summed E-state index contributed by atoms with van der Waals surface area (Å²) in [6.07, 6.45) is -1.29. The van der Waals surface area contributed by atoms with Gasteiger partial charge in [0.2, 0.25) is 0 Å². The van der Waals surface area contributed by atoms with Crippen LogP contribution in [0.5, 0.6) is 0 Å². The lowest BCUT2D eigenvalue weighted by Crippen LogP contribution is -2.59. The summed E-state index contributed by atoms with van der Waals surface area (Å²) in [5.74, 6) is 0. The fourth-order valence-corrected chi connectivity index (χ4v) is 1.42. The van der Waals surface area contributed by atoms with E-state index in [9.17, 15) is 10.2 Å². The van der Waals surface area contributed by atoms with E-state index in [-0.39, 0.29) is 19.6 Å². The Labute approximate surface area is 70.6 Å². The highest BCUT2D eigenvalue weighted by molar-refractivity contribution is 4.91. The molecule has 0 aliphatic carbocycles. The molecule has 0 radical (unpaired) electrons. The second-order valence-electron chi connectivity index (χ2n) is 3.12. The Morgan fingerprint density at radius 2 is 1.42 bits per heavy atom. The van der Waals surface area contributed by atoms with Crippen molar-refractivity contribution in [1.82, 2.24) is 5.32 Å². The number of hydrogen-bond acceptors (Lipinski definition) is 5. The largest absolute Gasteiger partial charge is 0.395 e. The van der Waals surface area contributed by atoms with E-state index in [1.54, 1.807) is 0 Å². The molecule has 5 heteroatoms. The Bertz CT molecular complexity index is 129. The molecule has 0 spiro atoms. The van der Waals surface area contributed by atoms with Crippen LogP contribution in [0.2, 0.25) is 0 Å². The van der Waals surface area contributed by atoms with Gasteiger partial charge in [-0.3, -0.25) is 0 Å². The van der Waals surface area contributed by atoms with E-state index in [0.717, 1.165) is 0 Å². The van der Waals surface area contributed by atoms with E-state index in [1.165, 1.54) is 0 Å². The maximum Gasteiger partial charge on any atom is 0.0740 e. The molecule has 4 atom stereocenters. The first-order valence-corrected chi connectivity index (χ1v) is 4.03. The van der Waals surface area contributed by atoms with Gasteiger partial charge in [0, 0.05) is 6.42 Å². The fourth-order valence-electron chi connectivity index (χ4n) is 1.42. The first kappa shape index (κ1) is 9.88. The normalized spacial score (nSPS) is 43.0. The lowest BCUT2D eigenvalue weighted by Gasteiger charge is -2.36. The first-order chi connectivity index (χ1) is 5.69. The van der Waals surface area contributed by atoms with E-state index in [4.69, 9.17) is 10.2 Å². The van der Waals surface area contributed by atoms with E-state index in [0.29, 0.717) is 0 Å². The Hall–Kier alpha value is -0.200. The van der Waals surface area contributed by atoms with E-state index < -0.39 is 24.3 Å². The standard InChI is InChI=1S/C7H15NO4/c9-2-4-6(11)1-7(12)5(3-10)8-4/h4-12H,1-3H2/t4-,5-,6-,7+/m1/s1. The highest BCUT2D eigenvalue weighted by atomic mass is 16.3. The molecule has 1 fully saturated rings. The highest BCUT2D eigenvalue weighted by Gasteiger charge is 2.33. The van der Waals surface area contributed by atoms with Gasteiger partial charge in [0.1, 0.15) is 0 Å². The predicted octanol–water partition coefficient (Wildman–Crippen LogP) is -2.58. The predicted molar refractivity (Wildman–Crippen MR) is 41.5 cm³/mol. The van der Waals surface area contributed by atoms with Crippen LogP contribution < -0.4 is 5.32 Å². The zero-order chi connectivity index (χ0) is 9.14. The topological polar surface area (TPSA) is 93.0 Å². The summed E-state index contributed by atoms with van der Waals surface area (Å²) in [5, 5.41) is 38.9. The SMILES string of the molecule is OC[C@H]1N[C@H](CO)[C@@H](O)C[C@H]1O. The average molecular weight is 177 g/mol. The van der Waals surface area contributed by atoms with Crippen molar-refractivity contribution in [3.8, 4) is 0 Å². The van der Waals surface area contributed by atoms with Crippen molar-refractivity contribution in [2.24, 2.45) is 0 Å². The minimum absolute atomic E-state index is 0.190. The molecular formula is C7H15NO4. The summed E-state index contributed by atoms with van der Waals surface area (Å²) < 4.78 is 0. The molecule has 5 nitrogen and oxygen atoms in total. The van der Waals surface area contributed by atoms with Crippen LogP contribution in [0.25, 0.3) is 0 Å². The number of rotatable bonds is 2. The zero-order valence-corrected chi connectivity index (χ0v) is 6.72. The highest BCUT2D eigenvalue weighted by Crippen LogP contribution is 2.13. The van der Waals surface area contributed by atoms with Gasteiger partial charge < -0.3 is 25.7 Å². The van der Waals surface area contributed by atoms with Gasteiger partial charge >= 0.3 is 0 Å². The van der Waals surface area contributed by atoms with Gasteiger partial charge in [-0.1, -0.05) is 0 Å². The van der Waals surface area contributed by atoms with Gasteiger partial charge in [-0.25, -0.2) is 0 Å². The second-order valence-corrected chi connectivity index (χ2v) is 3.12. The molecule has 1 heterocycles. The summed E-state index contributed by atoms with van der Waals surface area (Å²) >= 11 is 0. The third-order valence-electron chi connectivity index (χ3n) is 2.23. The number of nitrogens with one attached hydrogen (secondary N) is 1. The first-order valence-electron chi connectivity index (χ1n) is 4.03. The zero-order valence-electron chi connectivity index (χ0n) is 6.72. The summed E-state index contributed by atoms with van der Waals surface area (Å²) in [6, 6.07) is -0.879. The third kappa shape index (κ3) is 1.94. The van der Waals surface area contributed by atoms with Gasteiger partial charge in [-0.05, 0) is 0 Å². The van der Waals surface area contributed by atoms with Crippen molar-refractivity contribution in [2.75, 3.05) is 13.2 Å². The molecule has 1 saturated heterocycles. The molecule has 0 bridgehead atoms. The van der Waals surface area contributed by atoms with Crippen LogP contribution in [-0.4, -0.2) is 57.9 Å². The van der Waals surface area contributed by atoms with Crippen LogP contribution in [0.3, 0.4) is 0 Å². The molecule has 0 saturated carbocycles. The number of aliphatic hydroxyl groups is 4. The van der Waals surface area contributed by atoms with Crippen LogP contribution >= 0.6 is 0 Å². The average Bonchev–Trinajstić information content (AvgIpc) is 2.05. The maximum atomic E-state index is 9.29. The lowest BCUT2D eigenvalue weighted by atomic mass is 9.94. The summed E-state index contributed by atoms with van der Waals surface area (Å²) in [4.78, 5) is 0. The maximum absolute atomic E-state index is 9.29. The van der Waals surface area contributed by atoms with Gasteiger partial charge in [0.15, 0.2) is 0 Å². The molecule has 1 rings (SSSR count). The van der Waals surface area contributed by atoms with E-state index in [2.05, 4.69) is 5.32 Å². The monoisotopic (exact) mass is 177 g/mol. The minimum Gasteiger partial charge on any atom is -0.395 e. The number of hydrogen-bond donors (Lipinski definition) is 5. The van der Waals surface area contributed by atoms with Crippen LogP contribution in [0.15, 0.2) is 0 Å². The van der Waals surface area contributed by atoms with Gasteiger partial charge in [-0.15, -0.1) is 0 Å². The van der Waals surface area contributed by atoms with E-state index in [1.807, 2.05) is 0 Å². The van der Waals surface area contributed by atoms with Gasteiger partial charge in [0.25, 0.3) is 0 Å². The smallest absolute Gasteiger partial charge is 0.0740 e.